The van der Waals surface area contributed by atoms with Gasteiger partial charge in [-0.05, 0) is 61.0 Å². The van der Waals surface area contributed by atoms with Gasteiger partial charge in [-0.1, -0.05) is 24.3 Å². The SMILES string of the molecule is Cc1ccccc1CCNC(=O)c1c[nH]c(=S)n1-c1ccc(F)cc1. The van der Waals surface area contributed by atoms with Crippen LogP contribution in [-0.2, 0) is 6.42 Å². The van der Waals surface area contributed by atoms with Crippen LogP contribution in [-0.4, -0.2) is 22.0 Å². The van der Waals surface area contributed by atoms with E-state index in [0.717, 1.165) is 6.42 Å². The summed E-state index contributed by atoms with van der Waals surface area (Å²) < 4.78 is 15.1. The van der Waals surface area contributed by atoms with Gasteiger partial charge < -0.3 is 10.3 Å². The maximum absolute atomic E-state index is 13.1. The highest BCUT2D eigenvalue weighted by Crippen LogP contribution is 2.14. The monoisotopic (exact) mass is 355 g/mol. The summed E-state index contributed by atoms with van der Waals surface area (Å²) >= 11 is 5.25. The third-order valence-corrected chi connectivity index (χ3v) is 4.34. The first-order chi connectivity index (χ1) is 12.1. The molecule has 0 aliphatic heterocycles. The molecular formula is C19H18FN3OS. The Kier molecular flexibility index (Phi) is 5.09. The van der Waals surface area contributed by atoms with E-state index in [9.17, 15) is 9.18 Å². The maximum atomic E-state index is 13.1. The molecule has 25 heavy (non-hydrogen) atoms. The third-order valence-electron chi connectivity index (χ3n) is 4.03. The van der Waals surface area contributed by atoms with Crippen LogP contribution >= 0.6 is 12.2 Å². The number of carbonyl (C=O) groups excluding carboxylic acids is 1. The van der Waals surface area contributed by atoms with Crippen LogP contribution in [0.3, 0.4) is 0 Å². The smallest absolute Gasteiger partial charge is 0.269 e. The van der Waals surface area contributed by atoms with E-state index < -0.39 is 0 Å². The second kappa shape index (κ2) is 7.44. The van der Waals surface area contributed by atoms with Crippen LogP contribution in [0.5, 0.6) is 0 Å². The summed E-state index contributed by atoms with van der Waals surface area (Å²) in [6.45, 7) is 2.57. The lowest BCUT2D eigenvalue weighted by Crippen LogP contribution is -2.27. The van der Waals surface area contributed by atoms with Gasteiger partial charge in [-0.15, -0.1) is 0 Å². The van der Waals surface area contributed by atoms with Crippen molar-refractivity contribution in [3.05, 3.63) is 82.1 Å². The van der Waals surface area contributed by atoms with E-state index in [4.69, 9.17) is 12.2 Å². The van der Waals surface area contributed by atoms with Crippen LogP contribution in [0.25, 0.3) is 5.69 Å². The fourth-order valence-electron chi connectivity index (χ4n) is 2.67. The minimum atomic E-state index is -0.338. The summed E-state index contributed by atoms with van der Waals surface area (Å²) in [5.74, 6) is -0.569. The number of nitrogens with zero attached hydrogens (tertiary/aromatic N) is 1. The first kappa shape index (κ1) is 17.1. The molecule has 0 saturated carbocycles. The summed E-state index contributed by atoms with van der Waals surface area (Å²) in [6, 6.07) is 13.9. The Labute approximate surface area is 150 Å². The molecule has 0 saturated heterocycles. The number of aromatic nitrogens is 2. The van der Waals surface area contributed by atoms with Crippen molar-refractivity contribution in [3.63, 3.8) is 0 Å². The Balaban J connectivity index is 1.74. The van der Waals surface area contributed by atoms with Crippen LogP contribution in [0.15, 0.2) is 54.7 Å². The molecule has 1 aromatic heterocycles. The lowest BCUT2D eigenvalue weighted by molar-refractivity contribution is 0.0947. The summed E-state index contributed by atoms with van der Waals surface area (Å²) in [4.78, 5) is 15.4. The molecule has 0 bridgehead atoms. The first-order valence-corrected chi connectivity index (χ1v) is 8.36. The highest BCUT2D eigenvalue weighted by molar-refractivity contribution is 7.71. The molecule has 6 heteroatoms. The predicted molar refractivity (Wildman–Crippen MR) is 98.1 cm³/mol. The van der Waals surface area contributed by atoms with Crippen molar-refractivity contribution in [1.29, 1.82) is 0 Å². The van der Waals surface area contributed by atoms with E-state index in [1.807, 2.05) is 12.1 Å². The van der Waals surface area contributed by atoms with Crippen molar-refractivity contribution in [2.45, 2.75) is 13.3 Å². The van der Waals surface area contributed by atoms with Crippen molar-refractivity contribution < 1.29 is 9.18 Å². The third kappa shape index (κ3) is 3.85. The van der Waals surface area contributed by atoms with Crippen LogP contribution in [0, 0.1) is 17.5 Å². The van der Waals surface area contributed by atoms with Gasteiger partial charge in [0.15, 0.2) is 4.77 Å². The Morgan fingerprint density at radius 2 is 1.92 bits per heavy atom. The standard InChI is InChI=1S/C19H18FN3OS/c1-13-4-2-3-5-14(13)10-11-21-18(24)17-12-22-19(25)23(17)16-8-6-15(20)7-9-16/h2-9,12H,10-11H2,1H3,(H,21,24)(H,22,25). The average molecular weight is 355 g/mol. The van der Waals surface area contributed by atoms with Gasteiger partial charge in [-0.3, -0.25) is 9.36 Å². The number of halogens is 1. The number of imidazole rings is 1. The number of rotatable bonds is 5. The van der Waals surface area contributed by atoms with E-state index in [-0.39, 0.29) is 11.7 Å². The number of benzene rings is 2. The number of hydrogen-bond donors (Lipinski definition) is 2. The molecule has 1 heterocycles. The molecule has 4 nitrogen and oxygen atoms in total. The van der Waals surface area contributed by atoms with Crippen molar-refractivity contribution in [2.24, 2.45) is 0 Å². The minimum Gasteiger partial charge on any atom is -0.350 e. The van der Waals surface area contributed by atoms with Crippen LogP contribution < -0.4 is 5.32 Å². The van der Waals surface area contributed by atoms with E-state index >= 15 is 0 Å². The largest absolute Gasteiger partial charge is 0.350 e. The minimum absolute atomic E-state index is 0.231. The number of H-pyrrole nitrogens is 1. The molecule has 3 rings (SSSR count). The van der Waals surface area contributed by atoms with Crippen LogP contribution in [0.2, 0.25) is 0 Å². The van der Waals surface area contributed by atoms with Gasteiger partial charge in [-0.25, -0.2) is 4.39 Å². The van der Waals surface area contributed by atoms with Crippen LogP contribution in [0.1, 0.15) is 21.6 Å². The topological polar surface area (TPSA) is 49.8 Å². The Morgan fingerprint density at radius 1 is 1.20 bits per heavy atom. The van der Waals surface area contributed by atoms with Gasteiger partial charge in [0.05, 0.1) is 0 Å². The first-order valence-electron chi connectivity index (χ1n) is 7.95. The Morgan fingerprint density at radius 3 is 2.64 bits per heavy atom. The molecule has 128 valence electrons. The van der Waals surface area contributed by atoms with Crippen molar-refractivity contribution >= 4 is 18.1 Å². The maximum Gasteiger partial charge on any atom is 0.269 e. The number of hydrogen-bond acceptors (Lipinski definition) is 2. The zero-order valence-corrected chi connectivity index (χ0v) is 14.6. The number of carbonyl (C=O) groups is 1. The normalized spacial score (nSPS) is 10.6. The molecule has 1 amide bonds. The van der Waals surface area contributed by atoms with E-state index in [1.54, 1.807) is 22.9 Å². The summed E-state index contributed by atoms with van der Waals surface area (Å²) in [6.07, 6.45) is 2.31. The van der Waals surface area contributed by atoms with Gasteiger partial charge in [0, 0.05) is 18.4 Å². The summed E-state index contributed by atoms with van der Waals surface area (Å²) in [7, 11) is 0. The molecule has 2 aromatic carbocycles. The lowest BCUT2D eigenvalue weighted by Gasteiger charge is -2.10. The quantitative estimate of drug-likeness (QED) is 0.681. The molecular weight excluding hydrogens is 337 g/mol. The summed E-state index contributed by atoms with van der Waals surface area (Å²) in [5, 5.41) is 2.91. The molecule has 0 unspecified atom stereocenters. The fraction of sp³-hybridized carbons (Fsp3) is 0.158. The molecule has 0 aliphatic rings. The van der Waals surface area contributed by atoms with E-state index in [1.165, 1.54) is 23.3 Å². The number of nitrogens with one attached hydrogen (secondary N) is 2. The second-order valence-corrected chi connectivity index (χ2v) is 6.11. The van der Waals surface area contributed by atoms with Gasteiger partial charge in [0.1, 0.15) is 11.5 Å². The molecule has 3 aromatic rings. The second-order valence-electron chi connectivity index (χ2n) is 5.72. The molecule has 0 spiro atoms. The number of aryl methyl sites for hydroxylation is 1. The van der Waals surface area contributed by atoms with E-state index in [2.05, 4.69) is 29.4 Å². The average Bonchev–Trinajstić information content (AvgIpc) is 2.99. The highest BCUT2D eigenvalue weighted by atomic mass is 32.1. The van der Waals surface area contributed by atoms with Crippen molar-refractivity contribution in [2.75, 3.05) is 6.54 Å². The highest BCUT2D eigenvalue weighted by Gasteiger charge is 2.14. The Hall–Kier alpha value is -2.73. The molecule has 2 N–H and O–H groups in total. The van der Waals surface area contributed by atoms with Crippen molar-refractivity contribution in [1.82, 2.24) is 14.9 Å². The van der Waals surface area contributed by atoms with E-state index in [0.29, 0.717) is 22.7 Å². The van der Waals surface area contributed by atoms with Gasteiger partial charge in [0.25, 0.3) is 5.91 Å². The summed E-state index contributed by atoms with van der Waals surface area (Å²) in [5.41, 5.74) is 3.43. The van der Waals surface area contributed by atoms with Crippen LogP contribution in [0.4, 0.5) is 4.39 Å². The zero-order valence-electron chi connectivity index (χ0n) is 13.8. The number of aromatic amines is 1. The van der Waals surface area contributed by atoms with Crippen molar-refractivity contribution in [3.8, 4) is 5.69 Å². The van der Waals surface area contributed by atoms with Gasteiger partial charge in [-0.2, -0.15) is 0 Å². The zero-order chi connectivity index (χ0) is 17.8. The molecule has 0 radical (unpaired) electrons. The molecule has 0 fully saturated rings. The molecule has 0 atom stereocenters. The number of amides is 1. The Bertz CT molecular complexity index is 944. The fourth-order valence-corrected chi connectivity index (χ4v) is 2.94. The van der Waals surface area contributed by atoms with Gasteiger partial charge >= 0.3 is 0 Å². The lowest BCUT2D eigenvalue weighted by atomic mass is 10.1. The predicted octanol–water partition coefficient (Wildman–Crippen LogP) is 3.95. The van der Waals surface area contributed by atoms with Gasteiger partial charge in [0.2, 0.25) is 0 Å². The molecule has 0 aliphatic carbocycles.